The predicted octanol–water partition coefficient (Wildman–Crippen LogP) is 2.56. The van der Waals surface area contributed by atoms with Crippen LogP contribution in [0.1, 0.15) is 29.2 Å². The maximum absolute atomic E-state index is 13.4. The summed E-state index contributed by atoms with van der Waals surface area (Å²) in [7, 11) is 0. The van der Waals surface area contributed by atoms with Gasteiger partial charge in [-0.1, -0.05) is 54.3 Å². The summed E-state index contributed by atoms with van der Waals surface area (Å²) in [6.07, 6.45) is 1.79. The zero-order valence-corrected chi connectivity index (χ0v) is 22.1. The number of nitrogens with zero attached hydrogens (tertiary/aromatic N) is 5. The Bertz CT molecular complexity index is 1290. The Morgan fingerprint density at radius 2 is 1.86 bits per heavy atom. The molecule has 2 saturated heterocycles. The molecule has 3 heterocycles. The van der Waals surface area contributed by atoms with Crippen LogP contribution in [0, 0.1) is 18.3 Å². The van der Waals surface area contributed by atoms with E-state index in [2.05, 4.69) is 15.9 Å². The molecular weight excluding hydrogens is 494 g/mol. The van der Waals surface area contributed by atoms with E-state index in [1.54, 1.807) is 22.5 Å². The summed E-state index contributed by atoms with van der Waals surface area (Å²) < 4.78 is 2.11. The lowest BCUT2D eigenvalue weighted by Gasteiger charge is -2.37. The van der Waals surface area contributed by atoms with Gasteiger partial charge >= 0.3 is 0 Å². The van der Waals surface area contributed by atoms with Crippen molar-refractivity contribution in [1.29, 1.82) is 5.26 Å². The van der Waals surface area contributed by atoms with Crippen LogP contribution < -0.4 is 10.5 Å². The SMILES string of the molecule is CCn1c(N2CCN(CCO)CC2)c(C=C2SC(=S)N(Cc3ccccc3)C2=O)c(C)c(C#N)c1=O. The second-order valence-corrected chi connectivity index (χ2v) is 10.4. The maximum Gasteiger partial charge on any atom is 0.270 e. The summed E-state index contributed by atoms with van der Waals surface area (Å²) in [5.41, 5.74) is 2.01. The van der Waals surface area contributed by atoms with Gasteiger partial charge in [-0.2, -0.15) is 5.26 Å². The van der Waals surface area contributed by atoms with Crippen LogP contribution in [0.25, 0.3) is 6.08 Å². The van der Waals surface area contributed by atoms with Crippen LogP contribution in [-0.4, -0.2) is 69.0 Å². The van der Waals surface area contributed by atoms with E-state index in [9.17, 15) is 20.0 Å². The van der Waals surface area contributed by atoms with Gasteiger partial charge in [0.25, 0.3) is 11.5 Å². The summed E-state index contributed by atoms with van der Waals surface area (Å²) >= 11 is 6.78. The number of β-amino-alcohol motifs (C(OH)–C–C–N with tert-alkyl or cyclic N) is 1. The number of amides is 1. The van der Waals surface area contributed by atoms with E-state index in [1.807, 2.05) is 37.3 Å². The molecule has 188 valence electrons. The van der Waals surface area contributed by atoms with Crippen LogP contribution in [0.2, 0.25) is 0 Å². The highest BCUT2D eigenvalue weighted by Gasteiger charge is 2.33. The van der Waals surface area contributed by atoms with Crippen LogP contribution in [0.5, 0.6) is 0 Å². The molecule has 0 unspecified atom stereocenters. The number of carbonyl (C=O) groups excluding carboxylic acids is 1. The first kappa shape index (κ1) is 26.1. The number of piperazine rings is 1. The maximum atomic E-state index is 13.4. The van der Waals surface area contributed by atoms with E-state index in [1.165, 1.54) is 11.8 Å². The molecule has 0 spiro atoms. The molecule has 1 N–H and O–H groups in total. The molecule has 0 atom stereocenters. The Morgan fingerprint density at radius 1 is 1.17 bits per heavy atom. The number of hydrogen-bond donors (Lipinski definition) is 1. The van der Waals surface area contributed by atoms with Crippen LogP contribution >= 0.6 is 24.0 Å². The van der Waals surface area contributed by atoms with Crippen molar-refractivity contribution in [3.63, 3.8) is 0 Å². The number of thioether (sulfide) groups is 1. The molecular formula is C26H29N5O3S2. The summed E-state index contributed by atoms with van der Waals surface area (Å²) in [6, 6.07) is 11.8. The fourth-order valence-corrected chi connectivity index (χ4v) is 5.87. The van der Waals surface area contributed by atoms with Crippen LogP contribution in [-0.2, 0) is 17.9 Å². The fourth-order valence-electron chi connectivity index (χ4n) is 4.64. The molecule has 0 radical (unpaired) electrons. The smallest absolute Gasteiger partial charge is 0.270 e. The normalized spacial score (nSPS) is 17.8. The highest BCUT2D eigenvalue weighted by atomic mass is 32.2. The number of aliphatic hydroxyl groups is 1. The lowest BCUT2D eigenvalue weighted by molar-refractivity contribution is -0.122. The van der Waals surface area contributed by atoms with Crippen molar-refractivity contribution < 1.29 is 9.90 Å². The molecule has 10 heteroatoms. The summed E-state index contributed by atoms with van der Waals surface area (Å²) in [5.74, 6) is 0.538. The number of carbonyl (C=O) groups is 1. The number of hydrogen-bond acceptors (Lipinski definition) is 8. The van der Waals surface area contributed by atoms with Crippen molar-refractivity contribution in [3.05, 3.63) is 67.8 Å². The van der Waals surface area contributed by atoms with Crippen LogP contribution in [0.3, 0.4) is 0 Å². The first-order chi connectivity index (χ1) is 17.4. The molecule has 2 aromatic rings. The Morgan fingerprint density at radius 3 is 2.47 bits per heavy atom. The van der Waals surface area contributed by atoms with Gasteiger partial charge in [-0.3, -0.25) is 24.0 Å². The van der Waals surface area contributed by atoms with Gasteiger partial charge in [0.05, 0.1) is 18.1 Å². The molecule has 2 aliphatic heterocycles. The second-order valence-electron chi connectivity index (χ2n) is 8.70. The third-order valence-electron chi connectivity index (χ3n) is 6.58. The van der Waals surface area contributed by atoms with Crippen molar-refractivity contribution in [2.75, 3.05) is 44.2 Å². The van der Waals surface area contributed by atoms with Gasteiger partial charge in [-0.25, -0.2) is 0 Å². The first-order valence-electron chi connectivity index (χ1n) is 11.9. The number of aliphatic hydroxyl groups excluding tert-OH is 1. The third kappa shape index (κ3) is 5.11. The van der Waals surface area contributed by atoms with E-state index >= 15 is 0 Å². The second kappa shape index (κ2) is 11.4. The van der Waals surface area contributed by atoms with Gasteiger partial charge in [-0.15, -0.1) is 0 Å². The molecule has 0 aliphatic carbocycles. The Balaban J connectivity index is 1.76. The number of nitriles is 1. The molecule has 1 aromatic heterocycles. The van der Waals surface area contributed by atoms with Crippen LogP contribution in [0.15, 0.2) is 40.0 Å². The minimum atomic E-state index is -0.320. The standard InChI is InChI=1S/C26H29N5O3S2/c1-3-30-23(29-11-9-28(10-12-29)13-14-32)20(18(2)21(16-27)24(30)33)15-22-25(34)31(26(35)36-22)17-19-7-5-4-6-8-19/h4-8,15,32H,3,9-14,17H2,1-2H3. The fraction of sp³-hybridized carbons (Fsp3) is 0.385. The number of benzene rings is 1. The summed E-state index contributed by atoms with van der Waals surface area (Å²) in [4.78, 5) is 33.0. The average molecular weight is 524 g/mol. The molecule has 1 aromatic carbocycles. The Labute approximate surface area is 220 Å². The van der Waals surface area contributed by atoms with Gasteiger partial charge in [-0.05, 0) is 31.1 Å². The number of pyridine rings is 1. The minimum absolute atomic E-state index is 0.0885. The van der Waals surface area contributed by atoms with Gasteiger partial charge in [0.1, 0.15) is 21.8 Å². The van der Waals surface area contributed by atoms with Crippen molar-refractivity contribution in [3.8, 4) is 6.07 Å². The lowest BCUT2D eigenvalue weighted by Crippen LogP contribution is -2.49. The van der Waals surface area contributed by atoms with E-state index < -0.39 is 0 Å². The number of rotatable bonds is 7. The van der Waals surface area contributed by atoms with E-state index in [-0.39, 0.29) is 23.6 Å². The molecule has 0 saturated carbocycles. The zero-order valence-electron chi connectivity index (χ0n) is 20.4. The van der Waals surface area contributed by atoms with E-state index in [0.29, 0.717) is 53.1 Å². The van der Waals surface area contributed by atoms with Gasteiger partial charge in [0, 0.05) is 44.8 Å². The van der Waals surface area contributed by atoms with Crippen molar-refractivity contribution in [1.82, 2.24) is 14.4 Å². The Kier molecular flexibility index (Phi) is 8.26. The average Bonchev–Trinajstić information content (AvgIpc) is 3.14. The van der Waals surface area contributed by atoms with Gasteiger partial charge < -0.3 is 10.0 Å². The number of anilines is 1. The lowest BCUT2D eigenvalue weighted by atomic mass is 10.0. The topological polar surface area (TPSA) is 92.8 Å². The van der Waals surface area contributed by atoms with Crippen molar-refractivity contribution in [2.45, 2.75) is 26.9 Å². The molecule has 8 nitrogen and oxygen atoms in total. The van der Waals surface area contributed by atoms with Crippen molar-refractivity contribution in [2.24, 2.45) is 0 Å². The number of thiocarbonyl (C=S) groups is 1. The Hall–Kier alpha value is -2.97. The van der Waals surface area contributed by atoms with E-state index in [4.69, 9.17) is 12.2 Å². The predicted molar refractivity (Wildman–Crippen MR) is 147 cm³/mol. The highest BCUT2D eigenvalue weighted by Crippen LogP contribution is 2.36. The molecule has 1 amide bonds. The quantitative estimate of drug-likeness (QED) is 0.437. The third-order valence-corrected chi connectivity index (χ3v) is 7.96. The molecule has 36 heavy (non-hydrogen) atoms. The highest BCUT2D eigenvalue weighted by molar-refractivity contribution is 8.26. The van der Waals surface area contributed by atoms with Gasteiger partial charge in [0.15, 0.2) is 0 Å². The summed E-state index contributed by atoms with van der Waals surface area (Å²) in [5, 5.41) is 19.1. The van der Waals surface area contributed by atoms with Crippen molar-refractivity contribution >= 4 is 46.1 Å². The molecule has 2 fully saturated rings. The largest absolute Gasteiger partial charge is 0.395 e. The molecule has 2 aliphatic rings. The monoisotopic (exact) mass is 523 g/mol. The first-order valence-corrected chi connectivity index (χ1v) is 13.2. The van der Waals surface area contributed by atoms with E-state index in [0.717, 1.165) is 24.5 Å². The minimum Gasteiger partial charge on any atom is -0.395 e. The van der Waals surface area contributed by atoms with Crippen LogP contribution in [0.4, 0.5) is 5.82 Å². The van der Waals surface area contributed by atoms with Gasteiger partial charge in [0.2, 0.25) is 0 Å². The molecule has 0 bridgehead atoms. The summed E-state index contributed by atoms with van der Waals surface area (Å²) in [6.45, 7) is 7.97. The number of aromatic nitrogens is 1. The molecule has 4 rings (SSSR count). The zero-order chi connectivity index (χ0) is 25.8.